The second-order valence-corrected chi connectivity index (χ2v) is 5.50. The van der Waals surface area contributed by atoms with Crippen LogP contribution in [-0.2, 0) is 10.1 Å². The molecular formula is C10H7AsO3S. The quantitative estimate of drug-likeness (QED) is 0.624. The Morgan fingerprint density at radius 1 is 1.00 bits per heavy atom. The molecule has 0 unspecified atom stereocenters. The summed E-state index contributed by atoms with van der Waals surface area (Å²) in [7, 11) is -4.15. The van der Waals surface area contributed by atoms with Crippen LogP contribution in [0.4, 0.5) is 0 Å². The average Bonchev–Trinajstić information content (AvgIpc) is 2.17. The van der Waals surface area contributed by atoms with Gasteiger partial charge < -0.3 is 0 Å². The molecule has 0 saturated heterocycles. The zero-order chi connectivity index (χ0) is 11.1. The molecular weight excluding hydrogens is 275 g/mol. The van der Waals surface area contributed by atoms with Gasteiger partial charge >= 0.3 is 96.4 Å². The second kappa shape index (κ2) is 3.63. The number of hydrogen-bond acceptors (Lipinski definition) is 2. The molecule has 0 aliphatic rings. The van der Waals surface area contributed by atoms with E-state index < -0.39 is 10.1 Å². The van der Waals surface area contributed by atoms with Crippen LogP contribution in [0.1, 0.15) is 0 Å². The van der Waals surface area contributed by atoms with Crippen molar-refractivity contribution in [3.05, 3.63) is 36.4 Å². The molecule has 2 aromatic rings. The van der Waals surface area contributed by atoms with Crippen molar-refractivity contribution < 1.29 is 13.0 Å². The molecule has 5 heteroatoms. The van der Waals surface area contributed by atoms with Crippen molar-refractivity contribution in [2.75, 3.05) is 0 Å². The molecule has 0 fully saturated rings. The minimum absolute atomic E-state index is 0.0482. The van der Waals surface area contributed by atoms with Gasteiger partial charge in [0.15, 0.2) is 0 Å². The third-order valence-corrected chi connectivity index (χ3v) is 3.87. The van der Waals surface area contributed by atoms with E-state index in [0.29, 0.717) is 5.39 Å². The molecule has 1 N–H and O–H groups in total. The first kappa shape index (κ1) is 10.7. The first-order valence-electron chi connectivity index (χ1n) is 4.18. The van der Waals surface area contributed by atoms with Gasteiger partial charge in [0.2, 0.25) is 0 Å². The number of fused-ring (bicyclic) bond motifs is 1. The van der Waals surface area contributed by atoms with E-state index in [1.165, 1.54) is 6.07 Å². The van der Waals surface area contributed by atoms with Gasteiger partial charge in [-0.1, -0.05) is 0 Å². The molecule has 2 radical (unpaired) electrons. The maximum absolute atomic E-state index is 11.1. The van der Waals surface area contributed by atoms with Gasteiger partial charge in [0, 0.05) is 0 Å². The third kappa shape index (κ3) is 1.93. The van der Waals surface area contributed by atoms with Crippen LogP contribution in [0.15, 0.2) is 41.3 Å². The van der Waals surface area contributed by atoms with Crippen LogP contribution in [0.3, 0.4) is 0 Å². The summed E-state index contributed by atoms with van der Waals surface area (Å²) < 4.78 is 32.2. The molecule has 2 rings (SSSR count). The number of benzene rings is 2. The Balaban J connectivity index is 2.96. The van der Waals surface area contributed by atoms with Gasteiger partial charge in [0.05, 0.1) is 0 Å². The van der Waals surface area contributed by atoms with E-state index in [1.807, 2.05) is 12.1 Å². The Bertz CT molecular complexity index is 620. The van der Waals surface area contributed by atoms with Crippen molar-refractivity contribution in [3.8, 4) is 0 Å². The Morgan fingerprint density at radius 3 is 2.20 bits per heavy atom. The van der Waals surface area contributed by atoms with Gasteiger partial charge in [-0.25, -0.2) is 0 Å². The Labute approximate surface area is 96.4 Å². The van der Waals surface area contributed by atoms with E-state index in [1.54, 1.807) is 18.2 Å². The standard InChI is InChI=1S/C10H7AsO3S/c11-9-5-6-10(15(12,13)14)8-4-2-1-3-7(8)9/h1-6H,(H,12,13,14). The fourth-order valence-corrected chi connectivity index (χ4v) is 2.74. The molecule has 3 nitrogen and oxygen atoms in total. The second-order valence-electron chi connectivity index (χ2n) is 3.10. The Morgan fingerprint density at radius 2 is 1.60 bits per heavy atom. The van der Waals surface area contributed by atoms with Crippen molar-refractivity contribution in [1.29, 1.82) is 0 Å². The van der Waals surface area contributed by atoms with E-state index in [-0.39, 0.29) is 4.90 Å². The SMILES string of the molecule is O=S(=O)(O)c1ccc([As])c2ccccc12. The predicted octanol–water partition coefficient (Wildman–Crippen LogP) is 0.880. The fourth-order valence-electron chi connectivity index (χ4n) is 1.48. The predicted molar refractivity (Wildman–Crippen MR) is 59.2 cm³/mol. The van der Waals surface area contributed by atoms with Crippen LogP contribution >= 0.6 is 0 Å². The van der Waals surface area contributed by atoms with Gasteiger partial charge in [-0.2, -0.15) is 0 Å². The van der Waals surface area contributed by atoms with Gasteiger partial charge in [0.25, 0.3) is 0 Å². The van der Waals surface area contributed by atoms with Crippen LogP contribution in [0, 0.1) is 0 Å². The molecule has 76 valence electrons. The summed E-state index contributed by atoms with van der Waals surface area (Å²) in [5, 5.41) is 1.35. The molecule has 0 amide bonds. The van der Waals surface area contributed by atoms with E-state index in [9.17, 15) is 8.42 Å². The van der Waals surface area contributed by atoms with E-state index in [0.717, 1.165) is 9.74 Å². The summed E-state index contributed by atoms with van der Waals surface area (Å²) in [4.78, 5) is -0.0482. The van der Waals surface area contributed by atoms with Crippen LogP contribution in [0.25, 0.3) is 10.8 Å². The molecule has 0 atom stereocenters. The zero-order valence-corrected chi connectivity index (χ0v) is 10.3. The first-order chi connectivity index (χ1) is 7.00. The molecule has 2 aromatic carbocycles. The molecule has 0 saturated carbocycles. The monoisotopic (exact) mass is 282 g/mol. The number of rotatable bonds is 1. The van der Waals surface area contributed by atoms with Crippen LogP contribution in [0.5, 0.6) is 0 Å². The maximum atomic E-state index is 11.1. The van der Waals surface area contributed by atoms with Gasteiger partial charge in [-0.3, -0.25) is 0 Å². The summed E-state index contributed by atoms with van der Waals surface area (Å²) in [6, 6.07) is 10.1. The van der Waals surface area contributed by atoms with Crippen molar-refractivity contribution in [2.24, 2.45) is 0 Å². The topological polar surface area (TPSA) is 54.4 Å². The Kier molecular flexibility index (Phi) is 2.59. The summed E-state index contributed by atoms with van der Waals surface area (Å²) >= 11 is 2.37. The average molecular weight is 282 g/mol. The van der Waals surface area contributed by atoms with Crippen LogP contribution in [0.2, 0.25) is 0 Å². The summed E-state index contributed by atoms with van der Waals surface area (Å²) in [5.41, 5.74) is 0. The van der Waals surface area contributed by atoms with E-state index in [4.69, 9.17) is 4.55 Å². The summed E-state index contributed by atoms with van der Waals surface area (Å²) in [5.74, 6) is 0. The van der Waals surface area contributed by atoms with Gasteiger partial charge in [0.1, 0.15) is 0 Å². The molecule has 0 aliphatic carbocycles. The van der Waals surface area contributed by atoms with Gasteiger partial charge in [-0.15, -0.1) is 0 Å². The fraction of sp³-hybridized carbons (Fsp3) is 0. The molecule has 0 spiro atoms. The minimum atomic E-state index is -4.15. The third-order valence-electron chi connectivity index (χ3n) is 2.14. The normalized spacial score (nSPS) is 11.9. The molecule has 0 aliphatic heterocycles. The molecule has 0 bridgehead atoms. The van der Waals surface area contributed by atoms with Crippen molar-refractivity contribution >= 4 is 42.1 Å². The van der Waals surface area contributed by atoms with Gasteiger partial charge in [-0.05, 0) is 0 Å². The van der Waals surface area contributed by atoms with Crippen LogP contribution in [-0.4, -0.2) is 29.8 Å². The van der Waals surface area contributed by atoms with Crippen molar-refractivity contribution in [2.45, 2.75) is 4.90 Å². The number of hydrogen-bond donors (Lipinski definition) is 1. The van der Waals surface area contributed by atoms with Crippen molar-refractivity contribution in [3.63, 3.8) is 0 Å². The zero-order valence-electron chi connectivity index (χ0n) is 7.58. The van der Waals surface area contributed by atoms with Crippen LogP contribution < -0.4 is 4.35 Å². The first-order valence-corrected chi connectivity index (χ1v) is 6.56. The molecule has 0 heterocycles. The summed E-state index contributed by atoms with van der Waals surface area (Å²) in [6.45, 7) is 0. The molecule has 15 heavy (non-hydrogen) atoms. The summed E-state index contributed by atoms with van der Waals surface area (Å²) in [6.07, 6.45) is 0. The molecule has 0 aromatic heterocycles. The van der Waals surface area contributed by atoms with Crippen molar-refractivity contribution in [1.82, 2.24) is 0 Å². The van der Waals surface area contributed by atoms with E-state index in [2.05, 4.69) is 16.9 Å². The van der Waals surface area contributed by atoms with E-state index >= 15 is 0 Å². The Hall–Kier alpha value is -0.832.